The molecule has 0 saturated carbocycles. The third-order valence-electron chi connectivity index (χ3n) is 5.56. The number of piperidine rings is 1. The van der Waals surface area contributed by atoms with E-state index in [2.05, 4.69) is 5.32 Å². The normalized spacial score (nSPS) is 17.0. The summed E-state index contributed by atoms with van der Waals surface area (Å²) in [6.45, 7) is 1.60. The van der Waals surface area contributed by atoms with E-state index < -0.39 is 11.0 Å². The lowest BCUT2D eigenvalue weighted by Crippen LogP contribution is -2.50. The number of para-hydroxylation sites is 1. The van der Waals surface area contributed by atoms with Crippen molar-refractivity contribution in [2.45, 2.75) is 25.3 Å². The van der Waals surface area contributed by atoms with Gasteiger partial charge in [-0.3, -0.25) is 10.1 Å². The molecule has 0 atom stereocenters. The van der Waals surface area contributed by atoms with Crippen LogP contribution >= 0.6 is 0 Å². The molecule has 156 valence electrons. The molecule has 0 bridgehead atoms. The number of nitrogens with one attached hydrogen (secondary N) is 1. The average Bonchev–Trinajstić information content (AvgIpc) is 2.92. The van der Waals surface area contributed by atoms with Gasteiger partial charge >= 0.3 is 12.1 Å². The van der Waals surface area contributed by atoms with Crippen molar-refractivity contribution in [3.05, 3.63) is 64.2 Å². The van der Waals surface area contributed by atoms with Crippen LogP contribution in [0.15, 0.2) is 48.5 Å². The Labute approximate surface area is 173 Å². The summed E-state index contributed by atoms with van der Waals surface area (Å²) in [5.74, 6) is 0.261. The topological polar surface area (TPSA) is 105 Å². The van der Waals surface area contributed by atoms with Crippen molar-refractivity contribution in [1.29, 1.82) is 0 Å². The van der Waals surface area contributed by atoms with E-state index in [0.29, 0.717) is 32.5 Å². The number of likely N-dealkylation sites (tertiary alicyclic amines) is 1. The molecule has 1 fully saturated rings. The number of nitro benzene ring substituents is 1. The van der Waals surface area contributed by atoms with Gasteiger partial charge in [-0.05, 0) is 43.0 Å². The van der Waals surface area contributed by atoms with Gasteiger partial charge in [0, 0.05) is 43.5 Å². The van der Waals surface area contributed by atoms with Crippen molar-refractivity contribution in [1.82, 2.24) is 9.80 Å². The summed E-state index contributed by atoms with van der Waals surface area (Å²) in [7, 11) is 0. The SMILES string of the molecule is O=C(Oc1ccc([N+](=O)[O-])cc1)N1CCC(N2CCc3ccccc3NC2=O)CC1. The molecule has 30 heavy (non-hydrogen) atoms. The number of nitrogens with zero attached hydrogens (tertiary/aromatic N) is 3. The van der Waals surface area contributed by atoms with Crippen LogP contribution in [0.4, 0.5) is 21.0 Å². The Morgan fingerprint density at radius 2 is 1.77 bits per heavy atom. The number of urea groups is 1. The molecule has 0 aliphatic carbocycles. The number of fused-ring (bicyclic) bond motifs is 1. The lowest BCUT2D eigenvalue weighted by Gasteiger charge is -2.37. The molecule has 9 heteroatoms. The second-order valence-electron chi connectivity index (χ2n) is 7.37. The fourth-order valence-electron chi connectivity index (χ4n) is 3.90. The van der Waals surface area contributed by atoms with Gasteiger partial charge in [-0.25, -0.2) is 9.59 Å². The van der Waals surface area contributed by atoms with E-state index in [9.17, 15) is 19.7 Å². The Morgan fingerprint density at radius 3 is 2.47 bits per heavy atom. The van der Waals surface area contributed by atoms with Crippen molar-refractivity contribution < 1.29 is 19.2 Å². The number of non-ortho nitro benzene ring substituents is 1. The molecule has 0 aromatic heterocycles. The zero-order valence-corrected chi connectivity index (χ0v) is 16.3. The summed E-state index contributed by atoms with van der Waals surface area (Å²) < 4.78 is 5.32. The fourth-order valence-corrected chi connectivity index (χ4v) is 3.90. The summed E-state index contributed by atoms with van der Waals surface area (Å²) in [6, 6.07) is 13.2. The molecule has 1 saturated heterocycles. The van der Waals surface area contributed by atoms with Crippen LogP contribution in [0.25, 0.3) is 0 Å². The number of rotatable bonds is 3. The van der Waals surface area contributed by atoms with Crippen LogP contribution in [0, 0.1) is 10.1 Å². The maximum Gasteiger partial charge on any atom is 0.415 e. The molecule has 2 heterocycles. The number of benzene rings is 2. The van der Waals surface area contributed by atoms with E-state index in [0.717, 1.165) is 17.7 Å². The quantitative estimate of drug-likeness (QED) is 0.614. The summed E-state index contributed by atoms with van der Waals surface area (Å²) in [6.07, 6.45) is 1.63. The monoisotopic (exact) mass is 410 g/mol. The Hall–Kier alpha value is -3.62. The molecule has 2 aliphatic heterocycles. The Bertz CT molecular complexity index is 954. The van der Waals surface area contributed by atoms with Gasteiger partial charge in [0.05, 0.1) is 4.92 Å². The Kier molecular flexibility index (Phi) is 5.51. The van der Waals surface area contributed by atoms with Crippen molar-refractivity contribution >= 4 is 23.5 Å². The van der Waals surface area contributed by atoms with Gasteiger partial charge in [0.2, 0.25) is 0 Å². The molecule has 2 aromatic rings. The highest BCUT2D eigenvalue weighted by Gasteiger charge is 2.31. The molecule has 9 nitrogen and oxygen atoms in total. The molecule has 2 aliphatic rings. The van der Waals surface area contributed by atoms with Crippen LogP contribution in [-0.2, 0) is 6.42 Å². The molecule has 4 rings (SSSR count). The Balaban J connectivity index is 1.32. The minimum Gasteiger partial charge on any atom is -0.410 e. The predicted molar refractivity (Wildman–Crippen MR) is 110 cm³/mol. The van der Waals surface area contributed by atoms with E-state index in [1.54, 1.807) is 4.90 Å². The highest BCUT2D eigenvalue weighted by Crippen LogP contribution is 2.25. The molecule has 0 radical (unpaired) electrons. The van der Waals surface area contributed by atoms with Crippen LogP contribution < -0.4 is 10.1 Å². The smallest absolute Gasteiger partial charge is 0.410 e. The van der Waals surface area contributed by atoms with E-state index in [-0.39, 0.29) is 23.5 Å². The highest BCUT2D eigenvalue weighted by atomic mass is 16.6. The van der Waals surface area contributed by atoms with Gasteiger partial charge in [0.1, 0.15) is 5.75 Å². The minimum absolute atomic E-state index is 0.0581. The fraction of sp³-hybridized carbons (Fsp3) is 0.333. The second kappa shape index (κ2) is 8.40. The van der Waals surface area contributed by atoms with E-state index in [1.165, 1.54) is 24.3 Å². The predicted octanol–water partition coefficient (Wildman–Crippen LogP) is 3.65. The molecule has 1 N–H and O–H groups in total. The first-order valence-corrected chi connectivity index (χ1v) is 9.88. The van der Waals surface area contributed by atoms with Crippen molar-refractivity contribution in [2.24, 2.45) is 0 Å². The van der Waals surface area contributed by atoms with Crippen molar-refractivity contribution in [3.8, 4) is 5.75 Å². The first-order valence-electron chi connectivity index (χ1n) is 9.88. The van der Waals surface area contributed by atoms with Crippen molar-refractivity contribution in [3.63, 3.8) is 0 Å². The summed E-state index contributed by atoms with van der Waals surface area (Å²) >= 11 is 0. The largest absolute Gasteiger partial charge is 0.415 e. The van der Waals surface area contributed by atoms with E-state index in [1.807, 2.05) is 29.2 Å². The average molecular weight is 410 g/mol. The van der Waals surface area contributed by atoms with Gasteiger partial charge in [-0.2, -0.15) is 0 Å². The maximum atomic E-state index is 12.7. The molecule has 0 unspecified atom stereocenters. The summed E-state index contributed by atoms with van der Waals surface area (Å²) in [4.78, 5) is 38.7. The number of amides is 3. The van der Waals surface area contributed by atoms with Gasteiger partial charge in [0.25, 0.3) is 5.69 Å². The zero-order valence-electron chi connectivity index (χ0n) is 16.3. The van der Waals surface area contributed by atoms with Crippen LogP contribution in [0.1, 0.15) is 18.4 Å². The van der Waals surface area contributed by atoms with Crippen molar-refractivity contribution in [2.75, 3.05) is 25.0 Å². The molecule has 0 spiro atoms. The number of carbonyl (C=O) groups is 2. The summed E-state index contributed by atoms with van der Waals surface area (Å²) in [5.41, 5.74) is 1.92. The number of hydrogen-bond acceptors (Lipinski definition) is 5. The summed E-state index contributed by atoms with van der Waals surface area (Å²) in [5, 5.41) is 13.7. The number of carbonyl (C=O) groups excluding carboxylic acids is 2. The van der Waals surface area contributed by atoms with Crippen LogP contribution in [0.2, 0.25) is 0 Å². The van der Waals surface area contributed by atoms with Gasteiger partial charge in [-0.15, -0.1) is 0 Å². The van der Waals surface area contributed by atoms with E-state index in [4.69, 9.17) is 4.74 Å². The third kappa shape index (κ3) is 4.19. The molecule has 3 amide bonds. The third-order valence-corrected chi connectivity index (χ3v) is 5.56. The number of anilines is 1. The van der Waals surface area contributed by atoms with Gasteiger partial charge < -0.3 is 19.9 Å². The lowest BCUT2D eigenvalue weighted by atomic mass is 10.0. The molecular weight excluding hydrogens is 388 g/mol. The van der Waals surface area contributed by atoms with Crippen LogP contribution in [-0.4, -0.2) is 52.5 Å². The van der Waals surface area contributed by atoms with Gasteiger partial charge in [0.15, 0.2) is 0 Å². The zero-order chi connectivity index (χ0) is 21.1. The maximum absolute atomic E-state index is 12.7. The van der Waals surface area contributed by atoms with E-state index >= 15 is 0 Å². The van der Waals surface area contributed by atoms with Gasteiger partial charge in [-0.1, -0.05) is 18.2 Å². The van der Waals surface area contributed by atoms with Crippen LogP contribution in [0.3, 0.4) is 0 Å². The first-order chi connectivity index (χ1) is 14.5. The highest BCUT2D eigenvalue weighted by molar-refractivity contribution is 5.91. The second-order valence-corrected chi connectivity index (χ2v) is 7.37. The lowest BCUT2D eigenvalue weighted by molar-refractivity contribution is -0.384. The molecular formula is C21H22N4O5. The van der Waals surface area contributed by atoms with Crippen LogP contribution in [0.5, 0.6) is 5.75 Å². The number of nitro groups is 1. The minimum atomic E-state index is -0.506. The molecule has 2 aromatic carbocycles. The standard InChI is InChI=1S/C21H22N4O5/c26-20-22-19-4-2-1-3-15(19)9-14-24(20)16-10-12-23(13-11-16)21(27)30-18-7-5-17(6-8-18)25(28)29/h1-8,16H,9-14H2,(H,22,26). The number of ether oxygens (including phenoxy) is 1. The first kappa shape index (κ1) is 19.7. The Morgan fingerprint density at radius 1 is 1.07 bits per heavy atom. The number of hydrogen-bond donors (Lipinski definition) is 1.